The molecular weight excluding hydrogens is 186 g/mol. The number of ether oxygens (including phenoxy) is 1. The number of nitrogens with one attached hydrogen (secondary N) is 1. The fraction of sp³-hybridized carbons (Fsp3) is 0.538. The van der Waals surface area contributed by atoms with Crippen molar-refractivity contribution in [3.63, 3.8) is 0 Å². The van der Waals surface area contributed by atoms with Crippen LogP contribution in [0.4, 0.5) is 5.69 Å². The predicted molar refractivity (Wildman–Crippen MR) is 63.2 cm³/mol. The van der Waals surface area contributed by atoms with Gasteiger partial charge >= 0.3 is 0 Å². The van der Waals surface area contributed by atoms with E-state index in [0.29, 0.717) is 12.1 Å². The summed E-state index contributed by atoms with van der Waals surface area (Å²) in [7, 11) is 0. The summed E-state index contributed by atoms with van der Waals surface area (Å²) in [4.78, 5) is 0. The van der Waals surface area contributed by atoms with E-state index in [1.54, 1.807) is 0 Å². The highest BCUT2D eigenvalue weighted by Crippen LogP contribution is 2.19. The Balaban J connectivity index is 1.96. The smallest absolute Gasteiger partial charge is 0.0566 e. The molecule has 2 nitrogen and oxygen atoms in total. The second-order valence-corrected chi connectivity index (χ2v) is 4.42. The van der Waals surface area contributed by atoms with E-state index in [-0.39, 0.29) is 0 Å². The van der Waals surface area contributed by atoms with Crippen LogP contribution in [0.5, 0.6) is 0 Å². The summed E-state index contributed by atoms with van der Waals surface area (Å²) in [6.07, 6.45) is 2.60. The first kappa shape index (κ1) is 10.5. The van der Waals surface area contributed by atoms with Crippen molar-refractivity contribution in [3.8, 4) is 0 Å². The summed E-state index contributed by atoms with van der Waals surface area (Å²) in [5.41, 5.74) is 2.54. The van der Waals surface area contributed by atoms with Gasteiger partial charge in [-0.1, -0.05) is 12.1 Å². The van der Waals surface area contributed by atoms with E-state index < -0.39 is 0 Å². The van der Waals surface area contributed by atoms with Gasteiger partial charge in [-0.2, -0.15) is 0 Å². The number of aryl methyl sites for hydroxylation is 1. The van der Waals surface area contributed by atoms with Gasteiger partial charge in [0, 0.05) is 18.3 Å². The molecule has 0 amide bonds. The van der Waals surface area contributed by atoms with Gasteiger partial charge in [-0.25, -0.2) is 0 Å². The molecule has 15 heavy (non-hydrogen) atoms. The largest absolute Gasteiger partial charge is 0.382 e. The average molecular weight is 205 g/mol. The van der Waals surface area contributed by atoms with Crippen LogP contribution in [0.15, 0.2) is 24.3 Å². The Morgan fingerprint density at radius 2 is 2.27 bits per heavy atom. The van der Waals surface area contributed by atoms with Crippen molar-refractivity contribution in [1.29, 1.82) is 0 Å². The molecule has 0 aromatic heterocycles. The summed E-state index contributed by atoms with van der Waals surface area (Å²) in [5, 5.41) is 3.57. The molecule has 1 unspecified atom stereocenters. The first-order chi connectivity index (χ1) is 7.24. The van der Waals surface area contributed by atoms with E-state index in [2.05, 4.69) is 43.4 Å². The van der Waals surface area contributed by atoms with Gasteiger partial charge in [0.15, 0.2) is 0 Å². The molecule has 1 aromatic carbocycles. The minimum absolute atomic E-state index is 0.390. The fourth-order valence-electron chi connectivity index (χ4n) is 2.10. The Hall–Kier alpha value is -1.02. The zero-order valence-corrected chi connectivity index (χ0v) is 9.49. The molecule has 1 saturated heterocycles. The molecule has 1 heterocycles. The molecule has 0 saturated carbocycles. The quantitative estimate of drug-likeness (QED) is 0.801. The second kappa shape index (κ2) is 4.67. The molecule has 1 N–H and O–H groups in total. The van der Waals surface area contributed by atoms with Crippen LogP contribution in [0.1, 0.15) is 25.3 Å². The molecular formula is C13H19NO. The lowest BCUT2D eigenvalue weighted by Gasteiger charge is -2.28. The van der Waals surface area contributed by atoms with Crippen molar-refractivity contribution < 1.29 is 4.74 Å². The molecule has 1 aliphatic heterocycles. The molecule has 1 aliphatic rings. The van der Waals surface area contributed by atoms with Gasteiger partial charge in [0.2, 0.25) is 0 Å². The lowest BCUT2D eigenvalue weighted by Crippen LogP contribution is -2.32. The molecule has 1 fully saturated rings. The van der Waals surface area contributed by atoms with Gasteiger partial charge in [-0.3, -0.25) is 0 Å². The van der Waals surface area contributed by atoms with Gasteiger partial charge in [-0.05, 0) is 44.4 Å². The first-order valence-corrected chi connectivity index (χ1v) is 5.69. The monoisotopic (exact) mass is 205 g/mol. The molecule has 0 bridgehead atoms. The molecule has 0 spiro atoms. The van der Waals surface area contributed by atoms with E-state index >= 15 is 0 Å². The zero-order valence-electron chi connectivity index (χ0n) is 9.49. The van der Waals surface area contributed by atoms with Crippen LogP contribution in [0.2, 0.25) is 0 Å². The summed E-state index contributed by atoms with van der Waals surface area (Å²) in [6.45, 7) is 5.15. The summed E-state index contributed by atoms with van der Waals surface area (Å²) in [5.74, 6) is 0. The Kier molecular flexibility index (Phi) is 3.27. The maximum absolute atomic E-state index is 5.53. The third kappa shape index (κ3) is 2.96. The summed E-state index contributed by atoms with van der Waals surface area (Å²) >= 11 is 0. The van der Waals surface area contributed by atoms with Crippen LogP contribution in [-0.4, -0.2) is 18.8 Å². The van der Waals surface area contributed by atoms with E-state index in [1.165, 1.54) is 11.3 Å². The Labute approximate surface area is 91.6 Å². The number of benzene rings is 1. The van der Waals surface area contributed by atoms with Crippen molar-refractivity contribution in [2.24, 2.45) is 0 Å². The first-order valence-electron chi connectivity index (χ1n) is 5.69. The van der Waals surface area contributed by atoms with Crippen molar-refractivity contribution in [3.05, 3.63) is 29.8 Å². The predicted octanol–water partition coefficient (Wildman–Crippen LogP) is 2.97. The summed E-state index contributed by atoms with van der Waals surface area (Å²) in [6, 6.07) is 9.11. The fourth-order valence-corrected chi connectivity index (χ4v) is 2.10. The second-order valence-electron chi connectivity index (χ2n) is 4.42. The lowest BCUT2D eigenvalue weighted by atomic mass is 10.0. The number of hydrogen-bond donors (Lipinski definition) is 1. The van der Waals surface area contributed by atoms with Crippen LogP contribution >= 0.6 is 0 Å². The van der Waals surface area contributed by atoms with Crippen LogP contribution in [0.25, 0.3) is 0 Å². The van der Waals surface area contributed by atoms with E-state index in [9.17, 15) is 0 Å². The van der Waals surface area contributed by atoms with E-state index in [1.807, 2.05) is 0 Å². The SMILES string of the molecule is Cc1cccc(NC2CCO[C@H](C)C2)c1. The van der Waals surface area contributed by atoms with Crippen molar-refractivity contribution in [2.75, 3.05) is 11.9 Å². The summed E-state index contributed by atoms with van der Waals surface area (Å²) < 4.78 is 5.53. The van der Waals surface area contributed by atoms with Crippen LogP contribution in [0.3, 0.4) is 0 Å². The third-order valence-corrected chi connectivity index (χ3v) is 2.87. The highest BCUT2D eigenvalue weighted by molar-refractivity contribution is 5.46. The van der Waals surface area contributed by atoms with Crippen molar-refractivity contribution in [2.45, 2.75) is 38.8 Å². The Morgan fingerprint density at radius 1 is 1.40 bits per heavy atom. The van der Waals surface area contributed by atoms with Crippen LogP contribution < -0.4 is 5.32 Å². The van der Waals surface area contributed by atoms with Crippen molar-refractivity contribution in [1.82, 2.24) is 0 Å². The minimum atomic E-state index is 0.390. The normalized spacial score (nSPS) is 26.3. The standard InChI is InChI=1S/C13H19NO/c1-10-4-3-5-12(8-10)14-13-6-7-15-11(2)9-13/h3-5,8,11,13-14H,6-7,9H2,1-2H3/t11-,13?/m1/s1. The maximum atomic E-state index is 5.53. The van der Waals surface area contributed by atoms with Crippen LogP contribution in [0, 0.1) is 6.92 Å². The van der Waals surface area contributed by atoms with Gasteiger partial charge < -0.3 is 10.1 Å². The van der Waals surface area contributed by atoms with Gasteiger partial charge in [0.25, 0.3) is 0 Å². The maximum Gasteiger partial charge on any atom is 0.0566 e. The van der Waals surface area contributed by atoms with E-state index in [0.717, 1.165) is 19.4 Å². The number of anilines is 1. The molecule has 1 aromatic rings. The van der Waals surface area contributed by atoms with Crippen molar-refractivity contribution >= 4 is 5.69 Å². The molecule has 0 aliphatic carbocycles. The van der Waals surface area contributed by atoms with E-state index in [4.69, 9.17) is 4.74 Å². The molecule has 2 heteroatoms. The highest BCUT2D eigenvalue weighted by atomic mass is 16.5. The topological polar surface area (TPSA) is 21.3 Å². The average Bonchev–Trinajstić information content (AvgIpc) is 2.17. The Morgan fingerprint density at radius 3 is 3.00 bits per heavy atom. The molecule has 82 valence electrons. The molecule has 2 atom stereocenters. The highest BCUT2D eigenvalue weighted by Gasteiger charge is 2.18. The molecule has 0 radical (unpaired) electrons. The minimum Gasteiger partial charge on any atom is -0.382 e. The zero-order chi connectivity index (χ0) is 10.7. The van der Waals surface area contributed by atoms with Gasteiger partial charge in [0.1, 0.15) is 0 Å². The van der Waals surface area contributed by atoms with Gasteiger partial charge in [-0.15, -0.1) is 0 Å². The lowest BCUT2D eigenvalue weighted by molar-refractivity contribution is 0.0232. The molecule has 2 rings (SSSR count). The van der Waals surface area contributed by atoms with Gasteiger partial charge in [0.05, 0.1) is 6.10 Å². The van der Waals surface area contributed by atoms with Crippen LogP contribution in [-0.2, 0) is 4.74 Å². The Bertz CT molecular complexity index is 324. The number of hydrogen-bond acceptors (Lipinski definition) is 2. The number of rotatable bonds is 2. The third-order valence-electron chi connectivity index (χ3n) is 2.87.